The van der Waals surface area contributed by atoms with Crippen LogP contribution in [0.2, 0.25) is 0 Å². The predicted molar refractivity (Wildman–Crippen MR) is 79.4 cm³/mol. The highest BCUT2D eigenvalue weighted by atomic mass is 35.5. The molecule has 1 amide bonds. The van der Waals surface area contributed by atoms with E-state index < -0.39 is 11.7 Å². The van der Waals surface area contributed by atoms with Crippen LogP contribution in [-0.2, 0) is 17.5 Å². The van der Waals surface area contributed by atoms with Gasteiger partial charge >= 0.3 is 6.18 Å². The van der Waals surface area contributed by atoms with Gasteiger partial charge in [-0.15, -0.1) is 24.2 Å². The summed E-state index contributed by atoms with van der Waals surface area (Å²) in [5.74, 6) is 1.18. The van der Waals surface area contributed by atoms with Crippen LogP contribution in [0.1, 0.15) is 11.1 Å². The monoisotopic (exact) mass is 340 g/mol. The second kappa shape index (κ2) is 7.38. The van der Waals surface area contributed by atoms with E-state index in [0.717, 1.165) is 6.07 Å². The largest absolute Gasteiger partial charge is 0.416 e. The summed E-state index contributed by atoms with van der Waals surface area (Å²) in [6.45, 7) is -0.0443. The summed E-state index contributed by atoms with van der Waals surface area (Å²) in [4.78, 5) is 13.4. The van der Waals surface area contributed by atoms with Gasteiger partial charge in [0.25, 0.3) is 0 Å². The number of rotatable bonds is 3. The van der Waals surface area contributed by atoms with Crippen LogP contribution in [0.5, 0.6) is 0 Å². The molecule has 0 unspecified atom stereocenters. The average Bonchev–Trinajstić information content (AvgIpc) is 2.91. The van der Waals surface area contributed by atoms with Gasteiger partial charge in [0.1, 0.15) is 0 Å². The highest BCUT2D eigenvalue weighted by Crippen LogP contribution is 2.32. The summed E-state index contributed by atoms with van der Waals surface area (Å²) in [5.41, 5.74) is -0.574. The van der Waals surface area contributed by atoms with Crippen molar-refractivity contribution in [2.24, 2.45) is 0 Å². The molecule has 118 valence electrons. The third-order valence-electron chi connectivity index (χ3n) is 3.12. The number of halogens is 4. The summed E-state index contributed by atoms with van der Waals surface area (Å²) in [6, 6.07) is 5.04. The number of carbonyl (C=O) groups is 1. The molecule has 0 radical (unpaired) electrons. The standard InChI is InChI=1S/C13H15F3N2OS.ClH/c1-18(12(19)11-7-20-8-17-11)6-9-4-2-3-5-10(9)13(14,15)16;/h2-5,11,17H,6-8H2,1H3;1H/t11-;/m1./s1. The van der Waals surface area contributed by atoms with E-state index in [2.05, 4.69) is 5.32 Å². The minimum atomic E-state index is -4.40. The summed E-state index contributed by atoms with van der Waals surface area (Å²) in [5, 5.41) is 3.02. The highest BCUT2D eigenvalue weighted by molar-refractivity contribution is 7.99. The molecule has 1 aromatic carbocycles. The Labute approximate surface area is 131 Å². The molecule has 0 aromatic heterocycles. The van der Waals surface area contributed by atoms with Crippen molar-refractivity contribution in [2.45, 2.75) is 18.8 Å². The van der Waals surface area contributed by atoms with Gasteiger partial charge < -0.3 is 4.90 Å². The Morgan fingerprint density at radius 3 is 2.67 bits per heavy atom. The lowest BCUT2D eigenvalue weighted by molar-refractivity contribution is -0.139. The number of hydrogen-bond donors (Lipinski definition) is 1. The smallest absolute Gasteiger partial charge is 0.340 e. The summed E-state index contributed by atoms with van der Waals surface area (Å²) in [6.07, 6.45) is -4.40. The molecule has 1 fully saturated rings. The number of likely N-dealkylation sites (N-methyl/N-ethyl adjacent to an activating group) is 1. The van der Waals surface area contributed by atoms with Gasteiger partial charge in [0.05, 0.1) is 11.6 Å². The minimum Gasteiger partial charge on any atom is -0.340 e. The van der Waals surface area contributed by atoms with Crippen molar-refractivity contribution in [3.05, 3.63) is 35.4 Å². The molecule has 0 bridgehead atoms. The first-order valence-electron chi connectivity index (χ1n) is 6.11. The van der Waals surface area contributed by atoms with Gasteiger partial charge in [0.15, 0.2) is 0 Å². The number of thioether (sulfide) groups is 1. The van der Waals surface area contributed by atoms with Gasteiger partial charge in [-0.2, -0.15) is 13.2 Å². The number of alkyl halides is 3. The second-order valence-electron chi connectivity index (χ2n) is 4.62. The van der Waals surface area contributed by atoms with Gasteiger partial charge in [-0.1, -0.05) is 18.2 Å². The van der Waals surface area contributed by atoms with Gasteiger partial charge in [-0.25, -0.2) is 0 Å². The first-order chi connectivity index (χ1) is 9.39. The maximum Gasteiger partial charge on any atom is 0.416 e. The second-order valence-corrected chi connectivity index (χ2v) is 5.65. The van der Waals surface area contributed by atoms with Crippen LogP contribution in [0.15, 0.2) is 24.3 Å². The Morgan fingerprint density at radius 1 is 1.43 bits per heavy atom. The van der Waals surface area contributed by atoms with Gasteiger partial charge in [-0.05, 0) is 11.6 Å². The van der Waals surface area contributed by atoms with E-state index in [9.17, 15) is 18.0 Å². The van der Waals surface area contributed by atoms with Crippen molar-refractivity contribution >= 4 is 30.1 Å². The van der Waals surface area contributed by atoms with Crippen LogP contribution in [0.3, 0.4) is 0 Å². The lowest BCUT2D eigenvalue weighted by Gasteiger charge is -2.22. The normalized spacial score (nSPS) is 18.2. The maximum absolute atomic E-state index is 12.9. The van der Waals surface area contributed by atoms with Gasteiger partial charge in [0, 0.05) is 25.2 Å². The number of benzene rings is 1. The van der Waals surface area contributed by atoms with Crippen molar-refractivity contribution < 1.29 is 18.0 Å². The first kappa shape index (κ1) is 18.1. The Morgan fingerprint density at radius 2 is 2.10 bits per heavy atom. The molecule has 21 heavy (non-hydrogen) atoms. The number of carbonyl (C=O) groups excluding carboxylic acids is 1. The van der Waals surface area contributed by atoms with Crippen LogP contribution >= 0.6 is 24.2 Å². The van der Waals surface area contributed by atoms with E-state index in [1.807, 2.05) is 0 Å². The molecule has 1 aliphatic heterocycles. The van der Waals surface area contributed by atoms with E-state index in [4.69, 9.17) is 0 Å². The number of nitrogens with zero attached hydrogens (tertiary/aromatic N) is 1. The average molecular weight is 341 g/mol. The van der Waals surface area contributed by atoms with E-state index >= 15 is 0 Å². The van der Waals surface area contributed by atoms with Gasteiger partial charge in [0.2, 0.25) is 5.91 Å². The fourth-order valence-electron chi connectivity index (χ4n) is 2.09. The molecule has 1 saturated heterocycles. The van der Waals surface area contributed by atoms with Crippen LogP contribution in [0.25, 0.3) is 0 Å². The van der Waals surface area contributed by atoms with Crippen molar-refractivity contribution in [3.8, 4) is 0 Å². The van der Waals surface area contributed by atoms with Crippen molar-refractivity contribution in [2.75, 3.05) is 18.7 Å². The summed E-state index contributed by atoms with van der Waals surface area (Å²) >= 11 is 1.60. The Bertz CT molecular complexity index is 493. The lowest BCUT2D eigenvalue weighted by atomic mass is 10.1. The Hall–Kier alpha value is -0.920. The lowest BCUT2D eigenvalue weighted by Crippen LogP contribution is -2.42. The maximum atomic E-state index is 12.9. The van der Waals surface area contributed by atoms with Crippen LogP contribution < -0.4 is 5.32 Å². The van der Waals surface area contributed by atoms with Crippen molar-refractivity contribution in [1.82, 2.24) is 10.2 Å². The SMILES string of the molecule is CN(Cc1ccccc1C(F)(F)F)C(=O)[C@H]1CSCN1.Cl. The van der Waals surface area contributed by atoms with E-state index in [-0.39, 0.29) is 36.5 Å². The molecule has 1 aliphatic rings. The van der Waals surface area contributed by atoms with E-state index in [1.165, 1.54) is 24.1 Å². The highest BCUT2D eigenvalue weighted by Gasteiger charge is 2.34. The molecule has 1 atom stereocenters. The third kappa shape index (κ3) is 4.52. The number of amides is 1. The molecule has 3 nitrogen and oxygen atoms in total. The Kier molecular flexibility index (Phi) is 6.37. The van der Waals surface area contributed by atoms with Gasteiger partial charge in [-0.3, -0.25) is 10.1 Å². The molecule has 1 heterocycles. The molecule has 8 heteroatoms. The fourth-order valence-corrected chi connectivity index (χ4v) is 3.02. The van der Waals surface area contributed by atoms with E-state index in [0.29, 0.717) is 11.6 Å². The topological polar surface area (TPSA) is 32.3 Å². The number of nitrogens with one attached hydrogen (secondary N) is 1. The molecule has 1 N–H and O–H groups in total. The fraction of sp³-hybridized carbons (Fsp3) is 0.462. The molecular formula is C13H16ClF3N2OS. The van der Waals surface area contributed by atoms with Crippen LogP contribution in [0.4, 0.5) is 13.2 Å². The van der Waals surface area contributed by atoms with Crippen molar-refractivity contribution in [3.63, 3.8) is 0 Å². The molecule has 1 aromatic rings. The number of hydrogen-bond acceptors (Lipinski definition) is 3. The minimum absolute atomic E-state index is 0. The zero-order valence-corrected chi connectivity index (χ0v) is 12.9. The van der Waals surface area contributed by atoms with E-state index in [1.54, 1.807) is 17.8 Å². The summed E-state index contributed by atoms with van der Waals surface area (Å²) in [7, 11) is 1.53. The molecule has 0 spiro atoms. The molecule has 0 aliphatic carbocycles. The van der Waals surface area contributed by atoms with Crippen molar-refractivity contribution in [1.29, 1.82) is 0 Å². The zero-order chi connectivity index (χ0) is 14.8. The molecular weight excluding hydrogens is 325 g/mol. The first-order valence-corrected chi connectivity index (χ1v) is 7.26. The molecule has 2 rings (SSSR count). The predicted octanol–water partition coefficient (Wildman–Crippen LogP) is 2.75. The Balaban J connectivity index is 0.00000220. The van der Waals surface area contributed by atoms with Crippen LogP contribution in [0, 0.1) is 0 Å². The zero-order valence-electron chi connectivity index (χ0n) is 11.3. The quantitative estimate of drug-likeness (QED) is 0.918. The third-order valence-corrected chi connectivity index (χ3v) is 4.06. The van der Waals surface area contributed by atoms with Crippen LogP contribution in [-0.4, -0.2) is 35.5 Å². The molecule has 0 saturated carbocycles. The summed E-state index contributed by atoms with van der Waals surface area (Å²) < 4.78 is 38.6.